The predicted octanol–water partition coefficient (Wildman–Crippen LogP) is 3.06. The van der Waals surface area contributed by atoms with Crippen molar-refractivity contribution in [1.82, 2.24) is 0 Å². The summed E-state index contributed by atoms with van der Waals surface area (Å²) in [5, 5.41) is 3.41. The molecule has 1 aromatic carbocycles. The molecule has 0 spiro atoms. The lowest BCUT2D eigenvalue weighted by atomic mass is 10.1. The highest BCUT2D eigenvalue weighted by Crippen LogP contribution is 2.24. The van der Waals surface area contributed by atoms with Gasteiger partial charge in [0.1, 0.15) is 6.61 Å². The number of rotatable bonds is 4. The van der Waals surface area contributed by atoms with E-state index in [0.29, 0.717) is 6.61 Å². The molecule has 1 aromatic rings. The maximum Gasteiger partial charge on any atom is 0.218 e. The second kappa shape index (κ2) is 4.78. The van der Waals surface area contributed by atoms with Crippen molar-refractivity contribution in [3.05, 3.63) is 29.8 Å². The summed E-state index contributed by atoms with van der Waals surface area (Å²) < 4.78 is 5.68. The van der Waals surface area contributed by atoms with Gasteiger partial charge in [-0.2, -0.15) is 0 Å². The van der Waals surface area contributed by atoms with Crippen molar-refractivity contribution in [2.75, 3.05) is 18.5 Å². The Morgan fingerprint density at radius 3 is 2.76 bits per heavy atom. The Morgan fingerprint density at radius 2 is 2.12 bits per heavy atom. The first-order valence-corrected chi connectivity index (χ1v) is 6.18. The highest BCUT2D eigenvalue weighted by atomic mass is 16.5. The molecule has 0 amide bonds. The van der Waals surface area contributed by atoms with Crippen LogP contribution in [0.15, 0.2) is 29.3 Å². The minimum atomic E-state index is -0.104. The summed E-state index contributed by atoms with van der Waals surface area (Å²) in [6, 6.07) is 8.17. The molecule has 0 aromatic heterocycles. The Hall–Kier alpha value is -1.51. The Balaban J connectivity index is 2.26. The van der Waals surface area contributed by atoms with E-state index in [-0.39, 0.29) is 5.54 Å². The summed E-state index contributed by atoms with van der Waals surface area (Å²) in [5.41, 5.74) is 2.06. The van der Waals surface area contributed by atoms with E-state index in [1.165, 1.54) is 0 Å². The van der Waals surface area contributed by atoms with E-state index in [1.807, 2.05) is 12.1 Å². The van der Waals surface area contributed by atoms with Gasteiger partial charge in [0, 0.05) is 12.2 Å². The third kappa shape index (κ3) is 2.78. The summed E-state index contributed by atoms with van der Waals surface area (Å²) >= 11 is 0. The number of ether oxygens (including phenoxy) is 1. The van der Waals surface area contributed by atoms with Crippen molar-refractivity contribution in [3.63, 3.8) is 0 Å². The Bertz CT molecular complexity index is 424. The molecule has 1 aliphatic heterocycles. The van der Waals surface area contributed by atoms with Crippen LogP contribution in [0.1, 0.15) is 32.8 Å². The third-order valence-corrected chi connectivity index (χ3v) is 2.69. The number of hydrogen-bond acceptors (Lipinski definition) is 3. The van der Waals surface area contributed by atoms with Gasteiger partial charge in [-0.15, -0.1) is 0 Å². The van der Waals surface area contributed by atoms with Crippen molar-refractivity contribution >= 4 is 11.6 Å². The molecule has 0 atom stereocenters. The molecule has 0 radical (unpaired) electrons. The van der Waals surface area contributed by atoms with Gasteiger partial charge in [0.2, 0.25) is 5.90 Å². The number of nitrogens with one attached hydrogen (secondary N) is 1. The lowest BCUT2D eigenvalue weighted by molar-refractivity contribution is 0.279. The molecule has 0 saturated heterocycles. The van der Waals surface area contributed by atoms with Gasteiger partial charge in [0.05, 0.1) is 11.1 Å². The number of benzene rings is 1. The summed E-state index contributed by atoms with van der Waals surface area (Å²) in [5.74, 6) is 0.759. The van der Waals surface area contributed by atoms with Crippen LogP contribution in [0.2, 0.25) is 0 Å². The zero-order valence-corrected chi connectivity index (χ0v) is 10.8. The second-order valence-corrected chi connectivity index (χ2v) is 4.99. The number of hydrogen-bond donors (Lipinski definition) is 1. The van der Waals surface area contributed by atoms with Gasteiger partial charge in [-0.1, -0.05) is 19.1 Å². The molecule has 1 N–H and O–H groups in total. The van der Waals surface area contributed by atoms with Crippen LogP contribution in [0.25, 0.3) is 0 Å². The SMILES string of the molecule is CCCNc1ccccc1C1=NC(C)(C)CO1. The number of aliphatic imine (C=N–C) groups is 1. The first-order chi connectivity index (χ1) is 8.12. The van der Waals surface area contributed by atoms with Gasteiger partial charge in [0.25, 0.3) is 0 Å². The summed E-state index contributed by atoms with van der Waals surface area (Å²) in [7, 11) is 0. The van der Waals surface area contributed by atoms with Crippen LogP contribution in [0.5, 0.6) is 0 Å². The number of anilines is 1. The van der Waals surface area contributed by atoms with Gasteiger partial charge in [0.15, 0.2) is 0 Å². The summed E-state index contributed by atoms with van der Waals surface area (Å²) in [4.78, 5) is 4.61. The molecule has 1 heterocycles. The van der Waals surface area contributed by atoms with E-state index < -0.39 is 0 Å². The van der Waals surface area contributed by atoms with Crippen LogP contribution in [0.4, 0.5) is 5.69 Å². The molecule has 17 heavy (non-hydrogen) atoms. The van der Waals surface area contributed by atoms with Crippen molar-refractivity contribution in [3.8, 4) is 0 Å². The van der Waals surface area contributed by atoms with Crippen LogP contribution >= 0.6 is 0 Å². The number of para-hydroxylation sites is 1. The summed E-state index contributed by atoms with van der Waals surface area (Å²) in [6.45, 7) is 7.95. The van der Waals surface area contributed by atoms with Crippen LogP contribution in [0, 0.1) is 0 Å². The first-order valence-electron chi connectivity index (χ1n) is 6.18. The zero-order chi connectivity index (χ0) is 12.3. The van der Waals surface area contributed by atoms with E-state index >= 15 is 0 Å². The molecular weight excluding hydrogens is 212 g/mol. The molecule has 0 saturated carbocycles. The lowest BCUT2D eigenvalue weighted by Gasteiger charge is -2.10. The maximum absolute atomic E-state index is 5.68. The average Bonchev–Trinajstić information content (AvgIpc) is 2.67. The van der Waals surface area contributed by atoms with Crippen molar-refractivity contribution in [2.45, 2.75) is 32.7 Å². The molecule has 2 rings (SSSR count). The molecule has 92 valence electrons. The fourth-order valence-electron chi connectivity index (χ4n) is 1.81. The van der Waals surface area contributed by atoms with Crippen molar-refractivity contribution in [2.24, 2.45) is 4.99 Å². The number of nitrogens with zero attached hydrogens (tertiary/aromatic N) is 1. The topological polar surface area (TPSA) is 33.6 Å². The Kier molecular flexibility index (Phi) is 3.36. The largest absolute Gasteiger partial charge is 0.475 e. The van der Waals surface area contributed by atoms with Gasteiger partial charge >= 0.3 is 0 Å². The monoisotopic (exact) mass is 232 g/mol. The van der Waals surface area contributed by atoms with E-state index in [0.717, 1.165) is 30.1 Å². The highest BCUT2D eigenvalue weighted by Gasteiger charge is 2.27. The minimum Gasteiger partial charge on any atom is -0.475 e. The molecule has 0 unspecified atom stereocenters. The lowest BCUT2D eigenvalue weighted by Crippen LogP contribution is -2.17. The van der Waals surface area contributed by atoms with Gasteiger partial charge < -0.3 is 10.1 Å². The predicted molar refractivity (Wildman–Crippen MR) is 71.8 cm³/mol. The molecular formula is C14H20N2O. The van der Waals surface area contributed by atoms with Crippen molar-refractivity contribution < 1.29 is 4.74 Å². The molecule has 3 nitrogen and oxygen atoms in total. The molecule has 0 aliphatic carbocycles. The van der Waals surface area contributed by atoms with Crippen molar-refractivity contribution in [1.29, 1.82) is 0 Å². The second-order valence-electron chi connectivity index (χ2n) is 4.99. The maximum atomic E-state index is 5.68. The van der Waals surface area contributed by atoms with Gasteiger partial charge in [-0.3, -0.25) is 0 Å². The Labute approximate surface area is 103 Å². The van der Waals surface area contributed by atoms with Gasteiger partial charge in [-0.05, 0) is 32.4 Å². The van der Waals surface area contributed by atoms with E-state index in [1.54, 1.807) is 0 Å². The fourth-order valence-corrected chi connectivity index (χ4v) is 1.81. The van der Waals surface area contributed by atoms with E-state index in [9.17, 15) is 0 Å². The van der Waals surface area contributed by atoms with Gasteiger partial charge in [-0.25, -0.2) is 4.99 Å². The summed E-state index contributed by atoms with van der Waals surface area (Å²) in [6.07, 6.45) is 1.10. The Morgan fingerprint density at radius 1 is 1.35 bits per heavy atom. The first kappa shape index (κ1) is 12.0. The standard InChI is InChI=1S/C14H20N2O/c1-4-9-15-12-8-6-5-7-11(12)13-16-14(2,3)10-17-13/h5-8,15H,4,9-10H2,1-3H3. The van der Waals surface area contributed by atoms with E-state index in [2.05, 4.69) is 43.2 Å². The average molecular weight is 232 g/mol. The third-order valence-electron chi connectivity index (χ3n) is 2.69. The van der Waals surface area contributed by atoms with E-state index in [4.69, 9.17) is 4.74 Å². The molecule has 1 aliphatic rings. The van der Waals surface area contributed by atoms with Crippen LogP contribution in [0.3, 0.4) is 0 Å². The highest BCUT2D eigenvalue weighted by molar-refractivity contribution is 6.00. The quantitative estimate of drug-likeness (QED) is 0.865. The molecule has 0 fully saturated rings. The molecule has 3 heteroatoms. The minimum absolute atomic E-state index is 0.104. The fraction of sp³-hybridized carbons (Fsp3) is 0.500. The zero-order valence-electron chi connectivity index (χ0n) is 10.8. The van der Waals surface area contributed by atoms with Crippen LogP contribution < -0.4 is 5.32 Å². The van der Waals surface area contributed by atoms with Crippen LogP contribution in [-0.2, 0) is 4.74 Å². The molecule has 0 bridgehead atoms. The smallest absolute Gasteiger partial charge is 0.218 e. The normalized spacial score (nSPS) is 17.5. The van der Waals surface area contributed by atoms with Crippen LogP contribution in [-0.4, -0.2) is 24.6 Å².